The molecule has 0 aliphatic carbocycles. The number of thioether (sulfide) groups is 1. The fraction of sp³-hybridized carbons (Fsp3) is 0.467. The summed E-state index contributed by atoms with van der Waals surface area (Å²) in [7, 11) is 0. The number of amides is 2. The maximum absolute atomic E-state index is 12.6. The van der Waals surface area contributed by atoms with Gasteiger partial charge in [0.1, 0.15) is 17.5 Å². The number of aromatic nitrogens is 5. The summed E-state index contributed by atoms with van der Waals surface area (Å²) in [5.41, 5.74) is 0.813. The lowest BCUT2D eigenvalue weighted by Crippen LogP contribution is -2.68. The summed E-state index contributed by atoms with van der Waals surface area (Å²) in [4.78, 5) is 30.6. The molecule has 2 fully saturated rings. The smallest absolute Gasteiger partial charge is 0.249 e. The number of hydrogen-bond donors (Lipinski definition) is 2. The first-order valence-electron chi connectivity index (χ1n) is 7.89. The number of carbonyl (C=O) groups excluding carboxylic acids is 2. The zero-order valence-electron chi connectivity index (χ0n) is 13.7. The normalized spacial score (nSPS) is 26.9. The Labute approximate surface area is 148 Å². The van der Waals surface area contributed by atoms with Crippen molar-refractivity contribution in [2.24, 2.45) is 0 Å². The minimum absolute atomic E-state index is 0.114. The van der Waals surface area contributed by atoms with Crippen LogP contribution in [0.15, 0.2) is 24.5 Å². The van der Waals surface area contributed by atoms with Gasteiger partial charge in [0.2, 0.25) is 11.8 Å². The Bertz CT molecular complexity index is 795. The third kappa shape index (κ3) is 2.66. The highest BCUT2D eigenvalue weighted by Crippen LogP contribution is 2.56. The van der Waals surface area contributed by atoms with Gasteiger partial charge in [-0.1, -0.05) is 11.3 Å². The number of hydrogen-bond acceptors (Lipinski definition) is 7. The van der Waals surface area contributed by atoms with Gasteiger partial charge >= 0.3 is 0 Å². The van der Waals surface area contributed by atoms with Crippen molar-refractivity contribution >= 4 is 23.6 Å². The van der Waals surface area contributed by atoms with Gasteiger partial charge in [0.25, 0.3) is 0 Å². The van der Waals surface area contributed by atoms with Crippen LogP contribution in [0.1, 0.15) is 31.3 Å². The number of nitrogens with one attached hydrogen (secondary N) is 2. The molecule has 2 aliphatic rings. The molecule has 2 amide bonds. The van der Waals surface area contributed by atoms with Crippen LogP contribution in [0.5, 0.6) is 0 Å². The van der Waals surface area contributed by atoms with Crippen LogP contribution in [-0.4, -0.2) is 58.5 Å². The zero-order valence-corrected chi connectivity index (χ0v) is 14.5. The number of rotatable bonds is 4. The molecular weight excluding hydrogens is 342 g/mol. The molecule has 4 heterocycles. The first-order chi connectivity index (χ1) is 12.0. The lowest BCUT2D eigenvalue weighted by molar-refractivity contribution is -0.151. The Hall–Kier alpha value is -2.49. The van der Waals surface area contributed by atoms with Crippen LogP contribution in [0.3, 0.4) is 0 Å². The molecule has 2 aromatic rings. The topological polar surface area (TPSA) is 117 Å². The van der Waals surface area contributed by atoms with E-state index in [2.05, 4.69) is 30.9 Å². The molecule has 2 aromatic heterocycles. The summed E-state index contributed by atoms with van der Waals surface area (Å²) in [5.74, 6) is 0.193. The fourth-order valence-electron chi connectivity index (χ4n) is 3.36. The molecule has 0 aromatic carbocycles. The molecule has 0 spiro atoms. The second kappa shape index (κ2) is 5.80. The predicted octanol–water partition coefficient (Wildman–Crippen LogP) is 0.0570. The van der Waals surface area contributed by atoms with Crippen molar-refractivity contribution in [2.45, 2.75) is 42.5 Å². The molecule has 0 saturated carbocycles. The van der Waals surface area contributed by atoms with Crippen molar-refractivity contribution in [1.29, 1.82) is 0 Å². The lowest BCUT2D eigenvalue weighted by atomic mass is 9.95. The van der Waals surface area contributed by atoms with Crippen LogP contribution in [0, 0.1) is 0 Å². The summed E-state index contributed by atoms with van der Waals surface area (Å²) in [6.07, 6.45) is 3.50. The molecule has 3 atom stereocenters. The summed E-state index contributed by atoms with van der Waals surface area (Å²) in [5, 5.41) is 16.8. The molecular formula is C15H17N7O2S. The third-order valence-corrected chi connectivity index (χ3v) is 6.02. The number of nitrogens with zero attached hydrogens (tertiary/aromatic N) is 5. The molecule has 25 heavy (non-hydrogen) atoms. The number of aromatic amines is 1. The highest BCUT2D eigenvalue weighted by molar-refractivity contribution is 8.01. The number of tetrazole rings is 1. The molecule has 0 bridgehead atoms. The summed E-state index contributed by atoms with van der Waals surface area (Å²) in [6.45, 7) is 4.08. The van der Waals surface area contributed by atoms with Gasteiger partial charge in [0, 0.05) is 17.1 Å². The first kappa shape index (κ1) is 16.0. The number of H-pyrrole nitrogens is 1. The van der Waals surface area contributed by atoms with Crippen LogP contribution < -0.4 is 5.32 Å². The monoisotopic (exact) mass is 359 g/mol. The van der Waals surface area contributed by atoms with E-state index in [4.69, 9.17) is 0 Å². The Balaban J connectivity index is 1.46. The molecule has 4 rings (SSSR count). The van der Waals surface area contributed by atoms with Crippen LogP contribution in [0.25, 0.3) is 0 Å². The average Bonchev–Trinajstić information content (AvgIpc) is 3.18. The first-order valence-corrected chi connectivity index (χ1v) is 8.77. The van der Waals surface area contributed by atoms with E-state index in [0.29, 0.717) is 5.82 Å². The van der Waals surface area contributed by atoms with Gasteiger partial charge in [0.15, 0.2) is 5.82 Å². The summed E-state index contributed by atoms with van der Waals surface area (Å²) in [6, 6.07) is 2.83. The molecule has 9 nitrogen and oxygen atoms in total. The van der Waals surface area contributed by atoms with E-state index >= 15 is 0 Å². The van der Waals surface area contributed by atoms with Gasteiger partial charge in [-0.05, 0) is 25.5 Å². The van der Waals surface area contributed by atoms with E-state index in [1.54, 1.807) is 35.1 Å². The second-order valence-corrected chi connectivity index (χ2v) is 8.38. The van der Waals surface area contributed by atoms with Crippen LogP contribution in [0.4, 0.5) is 0 Å². The van der Waals surface area contributed by atoms with Gasteiger partial charge in [-0.3, -0.25) is 14.6 Å². The maximum Gasteiger partial charge on any atom is 0.249 e. The van der Waals surface area contributed by atoms with E-state index in [1.807, 2.05) is 19.9 Å². The molecule has 10 heteroatoms. The lowest BCUT2D eigenvalue weighted by Gasteiger charge is -2.44. The molecule has 0 radical (unpaired) electrons. The minimum atomic E-state index is -0.523. The van der Waals surface area contributed by atoms with Gasteiger partial charge in [-0.2, -0.15) is 5.21 Å². The highest BCUT2D eigenvalue weighted by atomic mass is 32.2. The Morgan fingerprint density at radius 2 is 2.32 bits per heavy atom. The summed E-state index contributed by atoms with van der Waals surface area (Å²) < 4.78 is -0.271. The standard InChI is InChI=1S/C15H17N7O2S/c1-15(2)11(12-18-20-21-19-12)22-13(24)10(14(22)25-15)17-9(23)6-8-4-3-5-16-7-8/h3-5,7,10-11,14H,6H2,1-2H3,(H,17,23)(H,18,19,20,21)/t10?,11?,14-/m1/s1. The molecule has 130 valence electrons. The number of carbonyl (C=O) groups is 2. The number of fused-ring (bicyclic) bond motifs is 1. The molecule has 2 saturated heterocycles. The Morgan fingerprint density at radius 3 is 3.00 bits per heavy atom. The van der Waals surface area contributed by atoms with E-state index in [0.717, 1.165) is 5.56 Å². The van der Waals surface area contributed by atoms with Gasteiger partial charge < -0.3 is 10.2 Å². The van der Waals surface area contributed by atoms with Crippen molar-refractivity contribution in [3.8, 4) is 0 Å². The fourth-order valence-corrected chi connectivity index (χ4v) is 4.99. The Kier molecular flexibility index (Phi) is 3.71. The van der Waals surface area contributed by atoms with Crippen LogP contribution in [0.2, 0.25) is 0 Å². The van der Waals surface area contributed by atoms with Crippen molar-refractivity contribution in [2.75, 3.05) is 0 Å². The average molecular weight is 359 g/mol. The molecule has 2 aliphatic heterocycles. The molecule has 2 unspecified atom stereocenters. The number of β-lactam (4-membered cyclic amide) rings is 1. The minimum Gasteiger partial charge on any atom is -0.341 e. The van der Waals surface area contributed by atoms with E-state index in [9.17, 15) is 9.59 Å². The SMILES string of the molecule is CC1(C)S[C@@H]2C(NC(=O)Cc3cccnc3)C(=O)N2C1c1nn[nH]n1. The van der Waals surface area contributed by atoms with Crippen LogP contribution >= 0.6 is 11.8 Å². The zero-order chi connectivity index (χ0) is 17.6. The van der Waals surface area contributed by atoms with Crippen molar-refractivity contribution < 1.29 is 9.59 Å². The van der Waals surface area contributed by atoms with Gasteiger partial charge in [-0.15, -0.1) is 22.0 Å². The van der Waals surface area contributed by atoms with Crippen molar-refractivity contribution in [3.05, 3.63) is 35.9 Å². The quantitative estimate of drug-likeness (QED) is 0.741. The predicted molar refractivity (Wildman–Crippen MR) is 89.1 cm³/mol. The van der Waals surface area contributed by atoms with E-state index in [-0.39, 0.29) is 34.4 Å². The highest BCUT2D eigenvalue weighted by Gasteiger charge is 2.63. The second-order valence-electron chi connectivity index (χ2n) is 6.61. The van der Waals surface area contributed by atoms with E-state index in [1.165, 1.54) is 0 Å². The van der Waals surface area contributed by atoms with Crippen molar-refractivity contribution in [1.82, 2.24) is 35.8 Å². The largest absolute Gasteiger partial charge is 0.341 e. The maximum atomic E-state index is 12.6. The van der Waals surface area contributed by atoms with Gasteiger partial charge in [0.05, 0.1) is 6.42 Å². The Morgan fingerprint density at radius 1 is 1.48 bits per heavy atom. The third-order valence-electron chi connectivity index (χ3n) is 4.45. The molecule has 2 N–H and O–H groups in total. The van der Waals surface area contributed by atoms with Crippen LogP contribution in [-0.2, 0) is 16.0 Å². The number of pyridine rings is 1. The van der Waals surface area contributed by atoms with Gasteiger partial charge in [-0.25, -0.2) is 0 Å². The summed E-state index contributed by atoms with van der Waals surface area (Å²) >= 11 is 1.64. The van der Waals surface area contributed by atoms with E-state index < -0.39 is 6.04 Å². The van der Waals surface area contributed by atoms with Crippen molar-refractivity contribution in [3.63, 3.8) is 0 Å².